The second-order valence-corrected chi connectivity index (χ2v) is 3.73. The molecule has 9 heteroatoms. The number of carbonyl (C=O) groups excluding carboxylic acids is 1. The normalized spacial score (nSPS) is 10.6. The van der Waals surface area contributed by atoms with Crippen LogP contribution in [0, 0.1) is 0 Å². The molecule has 0 N–H and O–H groups in total. The number of ether oxygens (including phenoxy) is 1. The van der Waals surface area contributed by atoms with Crippen LogP contribution < -0.4 is 0 Å². The fraction of sp³-hybridized carbons (Fsp3) is 0.600. The van der Waals surface area contributed by atoms with Crippen molar-refractivity contribution in [1.82, 2.24) is 30.3 Å². The first kappa shape index (κ1) is 13.1. The molecule has 0 radical (unpaired) electrons. The number of aryl methyl sites for hydroxylation is 1. The number of aromatic nitrogens is 6. The van der Waals surface area contributed by atoms with E-state index in [-0.39, 0.29) is 19.0 Å². The summed E-state index contributed by atoms with van der Waals surface area (Å²) in [5, 5.41) is 14.6. The van der Waals surface area contributed by atoms with E-state index in [1.165, 1.54) is 4.68 Å². The predicted octanol–water partition coefficient (Wildman–Crippen LogP) is 0.234. The Hall–Kier alpha value is -2.32. The van der Waals surface area contributed by atoms with Crippen molar-refractivity contribution in [3.63, 3.8) is 0 Å². The van der Waals surface area contributed by atoms with Crippen molar-refractivity contribution in [3.05, 3.63) is 17.5 Å². The number of nitrogens with zero attached hydrogens (tertiary/aromatic N) is 6. The molecule has 0 unspecified atom stereocenters. The van der Waals surface area contributed by atoms with E-state index in [1.807, 2.05) is 6.92 Å². The van der Waals surface area contributed by atoms with E-state index in [2.05, 4.69) is 25.7 Å². The minimum Gasteiger partial charge on any atom is -0.460 e. The van der Waals surface area contributed by atoms with Crippen molar-refractivity contribution >= 4 is 5.97 Å². The lowest BCUT2D eigenvalue weighted by atomic mass is 10.3. The average molecular weight is 266 g/mol. The predicted molar refractivity (Wildman–Crippen MR) is 61.2 cm³/mol. The minimum absolute atomic E-state index is 0.0112. The fourth-order valence-electron chi connectivity index (χ4n) is 1.46. The third kappa shape index (κ3) is 3.12. The highest BCUT2D eigenvalue weighted by Crippen LogP contribution is 2.04. The van der Waals surface area contributed by atoms with Gasteiger partial charge in [0.05, 0.1) is 6.61 Å². The molecule has 102 valence electrons. The molecule has 0 aliphatic carbocycles. The molecular formula is C10H14N6O3. The molecule has 0 amide bonds. The largest absolute Gasteiger partial charge is 0.460 e. The second-order valence-electron chi connectivity index (χ2n) is 3.73. The second kappa shape index (κ2) is 6.03. The lowest BCUT2D eigenvalue weighted by Crippen LogP contribution is -2.15. The lowest BCUT2D eigenvalue weighted by molar-refractivity contribution is 0.0504. The van der Waals surface area contributed by atoms with E-state index in [0.29, 0.717) is 11.7 Å². The van der Waals surface area contributed by atoms with Crippen molar-refractivity contribution in [2.24, 2.45) is 0 Å². The summed E-state index contributed by atoms with van der Waals surface area (Å²) in [5.41, 5.74) is 0. The molecule has 0 bridgehead atoms. The highest BCUT2D eigenvalue weighted by atomic mass is 16.5. The fourth-order valence-corrected chi connectivity index (χ4v) is 1.46. The molecule has 0 saturated carbocycles. The Kier molecular flexibility index (Phi) is 4.16. The molecule has 2 rings (SSSR count). The van der Waals surface area contributed by atoms with E-state index in [4.69, 9.17) is 9.26 Å². The summed E-state index contributed by atoms with van der Waals surface area (Å²) in [5.74, 6) is 0.405. The van der Waals surface area contributed by atoms with Crippen molar-refractivity contribution in [2.45, 2.75) is 33.2 Å². The van der Waals surface area contributed by atoms with Gasteiger partial charge in [-0.2, -0.15) is 4.98 Å². The number of hydrogen-bond acceptors (Lipinski definition) is 8. The minimum atomic E-state index is -0.583. The Morgan fingerprint density at radius 3 is 3.00 bits per heavy atom. The molecule has 19 heavy (non-hydrogen) atoms. The van der Waals surface area contributed by atoms with Gasteiger partial charge >= 0.3 is 5.97 Å². The smallest absolute Gasteiger partial charge is 0.378 e. The zero-order chi connectivity index (χ0) is 13.7. The molecule has 2 aromatic heterocycles. The molecule has 0 atom stereocenters. The molecule has 2 aromatic rings. The summed E-state index contributed by atoms with van der Waals surface area (Å²) in [4.78, 5) is 15.7. The summed E-state index contributed by atoms with van der Waals surface area (Å²) in [7, 11) is 0. The molecule has 0 saturated heterocycles. The van der Waals surface area contributed by atoms with E-state index in [1.54, 1.807) is 6.92 Å². The number of rotatable bonds is 6. The van der Waals surface area contributed by atoms with Gasteiger partial charge in [-0.1, -0.05) is 12.1 Å². The summed E-state index contributed by atoms with van der Waals surface area (Å²) in [6, 6.07) is 0. The maximum atomic E-state index is 11.6. The van der Waals surface area contributed by atoms with Crippen LogP contribution in [0.15, 0.2) is 4.52 Å². The van der Waals surface area contributed by atoms with Crippen LogP contribution in [0.3, 0.4) is 0 Å². The third-order valence-corrected chi connectivity index (χ3v) is 2.26. The Morgan fingerprint density at radius 1 is 1.42 bits per heavy atom. The first-order chi connectivity index (χ1) is 9.24. The topological polar surface area (TPSA) is 109 Å². The van der Waals surface area contributed by atoms with Gasteiger partial charge in [-0.05, 0) is 23.8 Å². The molecule has 0 aromatic carbocycles. The van der Waals surface area contributed by atoms with Crippen LogP contribution in [0.2, 0.25) is 0 Å². The molecule has 0 spiro atoms. The van der Waals surface area contributed by atoms with Gasteiger partial charge in [0.2, 0.25) is 5.89 Å². The highest BCUT2D eigenvalue weighted by molar-refractivity contribution is 5.85. The summed E-state index contributed by atoms with van der Waals surface area (Å²) in [6.07, 6.45) is 1.67. The van der Waals surface area contributed by atoms with Gasteiger partial charge < -0.3 is 9.26 Å². The Morgan fingerprint density at radius 2 is 2.26 bits per heavy atom. The summed E-state index contributed by atoms with van der Waals surface area (Å²) >= 11 is 0. The van der Waals surface area contributed by atoms with Gasteiger partial charge in [0.1, 0.15) is 6.54 Å². The van der Waals surface area contributed by atoms with Gasteiger partial charge in [0.25, 0.3) is 5.82 Å². The summed E-state index contributed by atoms with van der Waals surface area (Å²) < 4.78 is 11.2. The van der Waals surface area contributed by atoms with Crippen LogP contribution in [-0.2, 0) is 17.7 Å². The van der Waals surface area contributed by atoms with E-state index >= 15 is 0 Å². The molecule has 0 aliphatic heterocycles. The lowest BCUT2D eigenvalue weighted by Gasteiger charge is -2.00. The monoisotopic (exact) mass is 266 g/mol. The number of carbonyl (C=O) groups is 1. The van der Waals surface area contributed by atoms with Crippen LogP contribution >= 0.6 is 0 Å². The maximum Gasteiger partial charge on any atom is 0.378 e. The Labute approximate surface area is 108 Å². The van der Waals surface area contributed by atoms with Crippen molar-refractivity contribution in [1.29, 1.82) is 0 Å². The van der Waals surface area contributed by atoms with Crippen LogP contribution in [-0.4, -0.2) is 42.9 Å². The van der Waals surface area contributed by atoms with Gasteiger partial charge in [0.15, 0.2) is 5.82 Å². The van der Waals surface area contributed by atoms with Gasteiger partial charge in [0, 0.05) is 6.42 Å². The van der Waals surface area contributed by atoms with E-state index < -0.39 is 5.97 Å². The average Bonchev–Trinajstić information content (AvgIpc) is 3.00. The van der Waals surface area contributed by atoms with Gasteiger partial charge in [-0.25, -0.2) is 9.48 Å². The highest BCUT2D eigenvalue weighted by Gasteiger charge is 2.18. The Bertz CT molecular complexity index is 549. The standard InChI is InChI=1S/C10H14N6O3/c1-3-5-7-11-8(19-13-7)6-16-9(12-14-15-16)10(17)18-4-2/h3-6H2,1-2H3. The number of tetrazole rings is 1. The van der Waals surface area contributed by atoms with Crippen LogP contribution in [0.1, 0.15) is 42.6 Å². The van der Waals surface area contributed by atoms with Crippen molar-refractivity contribution < 1.29 is 14.1 Å². The quantitative estimate of drug-likeness (QED) is 0.683. The molecule has 2 heterocycles. The van der Waals surface area contributed by atoms with Crippen LogP contribution in [0.5, 0.6) is 0 Å². The molecule has 9 nitrogen and oxygen atoms in total. The van der Waals surface area contributed by atoms with Gasteiger partial charge in [-0.3, -0.25) is 0 Å². The zero-order valence-electron chi connectivity index (χ0n) is 10.7. The third-order valence-electron chi connectivity index (χ3n) is 2.26. The maximum absolute atomic E-state index is 11.6. The van der Waals surface area contributed by atoms with E-state index in [9.17, 15) is 4.79 Å². The first-order valence-corrected chi connectivity index (χ1v) is 5.99. The van der Waals surface area contributed by atoms with Crippen molar-refractivity contribution in [2.75, 3.05) is 6.61 Å². The van der Waals surface area contributed by atoms with Crippen LogP contribution in [0.25, 0.3) is 0 Å². The van der Waals surface area contributed by atoms with E-state index in [0.717, 1.165) is 12.8 Å². The zero-order valence-corrected chi connectivity index (χ0v) is 10.7. The molecular weight excluding hydrogens is 252 g/mol. The number of esters is 1. The number of hydrogen-bond donors (Lipinski definition) is 0. The Balaban J connectivity index is 2.10. The van der Waals surface area contributed by atoms with Crippen molar-refractivity contribution in [3.8, 4) is 0 Å². The first-order valence-electron chi connectivity index (χ1n) is 5.99. The SMILES string of the molecule is CCCc1noc(Cn2nnnc2C(=O)OCC)n1. The molecule has 0 fully saturated rings. The summed E-state index contributed by atoms with van der Waals surface area (Å²) in [6.45, 7) is 4.13. The molecule has 0 aliphatic rings. The van der Waals surface area contributed by atoms with Crippen LogP contribution in [0.4, 0.5) is 0 Å². The van der Waals surface area contributed by atoms with Gasteiger partial charge in [-0.15, -0.1) is 5.10 Å².